The zero-order valence-corrected chi connectivity index (χ0v) is 19.6. The molecule has 0 aliphatic carbocycles. The summed E-state index contributed by atoms with van der Waals surface area (Å²) in [6.07, 6.45) is 10.5. The van der Waals surface area contributed by atoms with Gasteiger partial charge in [-0.15, -0.1) is 12.8 Å². The number of rotatable bonds is 4. The molecule has 0 heterocycles. The number of hydrogen-bond acceptors (Lipinski definition) is 4. The minimum atomic E-state index is -1.15. The summed E-state index contributed by atoms with van der Waals surface area (Å²) in [4.78, 5) is 42.8. The van der Waals surface area contributed by atoms with Crippen molar-refractivity contribution >= 4 is 35.1 Å². The Labute approximate surface area is 209 Å². The van der Waals surface area contributed by atoms with E-state index in [4.69, 9.17) is 27.9 Å². The maximum atomic E-state index is 12.1. The van der Waals surface area contributed by atoms with Gasteiger partial charge in [-0.05, 0) is 48.5 Å². The molecule has 0 saturated carbocycles. The second-order valence-corrected chi connectivity index (χ2v) is 6.96. The predicted octanol–water partition coefficient (Wildman–Crippen LogP) is 4.34. The monoisotopic (exact) mass is 484 g/mol. The highest BCUT2D eigenvalue weighted by Gasteiger charge is 2.15. The van der Waals surface area contributed by atoms with Gasteiger partial charge < -0.3 is 20.8 Å². The average Bonchev–Trinajstić information content (AvgIpc) is 2.84. The standard InChI is InChI=1S/C16H11NO3.C10H9NO.C2H4O2/c1-2-11-6-5-7-12(10-11)17-15(18)13-8-3-4-9-14(13)16(19)20;1-3-9-5-4-6-10(7-9)11-8(2)12;1-2(3)4/h1,3-10H,(H,17,18)(H,19,20);1,4-7H,2H3,(H,11,12);1H3,(H,3,4). The highest BCUT2D eigenvalue weighted by atomic mass is 16.4. The summed E-state index contributed by atoms with van der Waals surface area (Å²) in [6.45, 7) is 2.54. The summed E-state index contributed by atoms with van der Waals surface area (Å²) in [5.74, 6) is 2.39. The van der Waals surface area contributed by atoms with Crippen molar-refractivity contribution in [3.8, 4) is 24.7 Å². The normalized spacial score (nSPS) is 8.89. The molecule has 0 fully saturated rings. The Morgan fingerprint density at radius 2 is 1.14 bits per heavy atom. The third-order valence-electron chi connectivity index (χ3n) is 4.04. The third kappa shape index (κ3) is 10.5. The summed E-state index contributed by atoms with van der Waals surface area (Å²) in [5, 5.41) is 21.7. The molecule has 0 aliphatic heterocycles. The van der Waals surface area contributed by atoms with Crippen LogP contribution in [0.25, 0.3) is 0 Å². The van der Waals surface area contributed by atoms with Crippen LogP contribution in [-0.4, -0.2) is 34.0 Å². The Kier molecular flexibility index (Phi) is 11.7. The number of anilines is 2. The lowest BCUT2D eigenvalue weighted by atomic mass is 10.1. The van der Waals surface area contributed by atoms with E-state index in [1.165, 1.54) is 19.1 Å². The summed E-state index contributed by atoms with van der Waals surface area (Å²) < 4.78 is 0. The molecule has 0 saturated heterocycles. The van der Waals surface area contributed by atoms with Crippen molar-refractivity contribution < 1.29 is 29.4 Å². The van der Waals surface area contributed by atoms with Crippen molar-refractivity contribution in [2.45, 2.75) is 13.8 Å². The summed E-state index contributed by atoms with van der Waals surface area (Å²) in [5.41, 5.74) is 2.71. The van der Waals surface area contributed by atoms with Gasteiger partial charge in [-0.1, -0.05) is 36.1 Å². The van der Waals surface area contributed by atoms with Crippen LogP contribution in [0.2, 0.25) is 0 Å². The van der Waals surface area contributed by atoms with Gasteiger partial charge in [-0.25, -0.2) is 4.79 Å². The lowest BCUT2D eigenvalue weighted by molar-refractivity contribution is -0.134. The van der Waals surface area contributed by atoms with Crippen molar-refractivity contribution in [2.24, 2.45) is 0 Å². The molecule has 36 heavy (non-hydrogen) atoms. The zero-order chi connectivity index (χ0) is 27.1. The Bertz CT molecular complexity index is 1330. The number of nitrogens with one attached hydrogen (secondary N) is 2. The molecule has 0 spiro atoms. The van der Waals surface area contributed by atoms with E-state index in [0.29, 0.717) is 11.3 Å². The topological polar surface area (TPSA) is 133 Å². The number of carboxylic acids is 2. The first-order valence-electron chi connectivity index (χ1n) is 10.3. The molecule has 8 heteroatoms. The number of aromatic carboxylic acids is 1. The Morgan fingerprint density at radius 1 is 0.694 bits per heavy atom. The van der Waals surface area contributed by atoms with Crippen LogP contribution >= 0.6 is 0 Å². The number of hydrogen-bond donors (Lipinski definition) is 4. The molecule has 182 valence electrons. The van der Waals surface area contributed by atoms with E-state index >= 15 is 0 Å². The molecule has 8 nitrogen and oxygen atoms in total. The molecule has 0 unspecified atom stereocenters. The zero-order valence-electron chi connectivity index (χ0n) is 19.6. The largest absolute Gasteiger partial charge is 0.481 e. The van der Waals surface area contributed by atoms with Crippen LogP contribution in [0.5, 0.6) is 0 Å². The molecular formula is C28H24N2O6. The number of carbonyl (C=O) groups excluding carboxylic acids is 2. The van der Waals surface area contributed by atoms with Crippen LogP contribution in [-0.2, 0) is 9.59 Å². The first-order chi connectivity index (χ1) is 17.1. The van der Waals surface area contributed by atoms with E-state index in [-0.39, 0.29) is 17.0 Å². The number of terminal acetylenes is 2. The number of carbonyl (C=O) groups is 4. The number of carboxylic acid groups (broad SMARTS) is 2. The molecule has 0 aliphatic rings. The first kappa shape index (κ1) is 28.7. The number of benzene rings is 3. The second-order valence-electron chi connectivity index (χ2n) is 6.96. The van der Waals surface area contributed by atoms with E-state index < -0.39 is 17.8 Å². The van der Waals surface area contributed by atoms with Crippen molar-refractivity contribution in [2.75, 3.05) is 10.6 Å². The quantitative estimate of drug-likeness (QED) is 0.407. The van der Waals surface area contributed by atoms with Gasteiger partial charge in [-0.3, -0.25) is 14.4 Å². The van der Waals surface area contributed by atoms with Crippen molar-refractivity contribution in [1.29, 1.82) is 0 Å². The van der Waals surface area contributed by atoms with E-state index in [9.17, 15) is 14.4 Å². The van der Waals surface area contributed by atoms with E-state index in [2.05, 4.69) is 22.5 Å². The minimum absolute atomic E-state index is 0.0434. The highest BCUT2D eigenvalue weighted by molar-refractivity contribution is 6.10. The molecule has 3 rings (SSSR count). The summed E-state index contributed by atoms with van der Waals surface area (Å²) in [6, 6.07) is 20.0. The fraction of sp³-hybridized carbons (Fsp3) is 0.0714. The van der Waals surface area contributed by atoms with Crippen LogP contribution in [0.15, 0.2) is 72.8 Å². The first-order valence-corrected chi connectivity index (χ1v) is 10.3. The highest BCUT2D eigenvalue weighted by Crippen LogP contribution is 2.14. The lowest BCUT2D eigenvalue weighted by Gasteiger charge is -2.08. The van der Waals surface area contributed by atoms with Gasteiger partial charge in [0.05, 0.1) is 11.1 Å². The molecule has 0 aromatic heterocycles. The second kappa shape index (κ2) is 14.7. The molecule has 0 atom stereocenters. The molecule has 2 amide bonds. The van der Waals surface area contributed by atoms with Gasteiger partial charge >= 0.3 is 5.97 Å². The van der Waals surface area contributed by atoms with Crippen molar-refractivity contribution in [3.05, 3.63) is 95.1 Å². The number of amides is 2. The van der Waals surface area contributed by atoms with E-state index in [1.54, 1.807) is 54.6 Å². The average molecular weight is 485 g/mol. The van der Waals surface area contributed by atoms with Gasteiger partial charge in [0.2, 0.25) is 5.91 Å². The van der Waals surface area contributed by atoms with Gasteiger partial charge in [0.15, 0.2) is 0 Å². The molecular weight excluding hydrogens is 460 g/mol. The van der Waals surface area contributed by atoms with Crippen LogP contribution in [0.4, 0.5) is 11.4 Å². The maximum Gasteiger partial charge on any atom is 0.336 e. The van der Waals surface area contributed by atoms with Gasteiger partial charge in [0.1, 0.15) is 0 Å². The SMILES string of the molecule is C#Cc1cccc(NC(=O)c2ccccc2C(=O)O)c1.C#Cc1cccc(NC(C)=O)c1.CC(=O)O. The summed E-state index contributed by atoms with van der Waals surface area (Å²) in [7, 11) is 0. The van der Waals surface area contributed by atoms with Crippen molar-refractivity contribution in [1.82, 2.24) is 0 Å². The van der Waals surface area contributed by atoms with E-state index in [0.717, 1.165) is 18.2 Å². The van der Waals surface area contributed by atoms with Crippen LogP contribution in [0, 0.1) is 24.7 Å². The van der Waals surface area contributed by atoms with Gasteiger partial charge in [0.25, 0.3) is 11.9 Å². The Balaban J connectivity index is 0.000000343. The molecule has 0 bridgehead atoms. The molecule has 0 radical (unpaired) electrons. The van der Waals surface area contributed by atoms with Gasteiger partial charge in [-0.2, -0.15) is 0 Å². The molecule has 3 aromatic rings. The third-order valence-corrected chi connectivity index (χ3v) is 4.04. The Hall–Kier alpha value is -5.34. The van der Waals surface area contributed by atoms with Crippen LogP contribution < -0.4 is 10.6 Å². The van der Waals surface area contributed by atoms with E-state index in [1.807, 2.05) is 6.07 Å². The van der Waals surface area contributed by atoms with Gasteiger partial charge in [0, 0.05) is 36.3 Å². The lowest BCUT2D eigenvalue weighted by Crippen LogP contribution is -2.16. The molecule has 4 N–H and O–H groups in total. The summed E-state index contributed by atoms with van der Waals surface area (Å²) >= 11 is 0. The predicted molar refractivity (Wildman–Crippen MR) is 138 cm³/mol. The smallest absolute Gasteiger partial charge is 0.336 e. The fourth-order valence-electron chi connectivity index (χ4n) is 2.64. The van der Waals surface area contributed by atoms with Crippen LogP contribution in [0.3, 0.4) is 0 Å². The minimum Gasteiger partial charge on any atom is -0.481 e. The molecule has 3 aromatic carbocycles. The van der Waals surface area contributed by atoms with Crippen LogP contribution in [0.1, 0.15) is 45.7 Å². The Morgan fingerprint density at radius 3 is 1.56 bits per heavy atom. The number of aliphatic carboxylic acids is 1. The maximum absolute atomic E-state index is 12.1. The van der Waals surface area contributed by atoms with Crippen molar-refractivity contribution in [3.63, 3.8) is 0 Å². The fourth-order valence-corrected chi connectivity index (χ4v) is 2.64.